The number of rotatable bonds is 3. The monoisotopic (exact) mass is 373 g/mol. The van der Waals surface area contributed by atoms with Gasteiger partial charge in [0.15, 0.2) is 0 Å². The first-order chi connectivity index (χ1) is 13.0. The molecule has 27 heavy (non-hydrogen) atoms. The highest BCUT2D eigenvalue weighted by molar-refractivity contribution is 5.79. The number of aliphatic hydroxyl groups excluding tert-OH is 1. The van der Waals surface area contributed by atoms with Crippen LogP contribution in [0.1, 0.15) is 43.9 Å². The summed E-state index contributed by atoms with van der Waals surface area (Å²) in [5.41, 5.74) is 2.03. The van der Waals surface area contributed by atoms with Crippen molar-refractivity contribution in [1.29, 1.82) is 0 Å². The van der Waals surface area contributed by atoms with Gasteiger partial charge in [0.25, 0.3) is 0 Å². The van der Waals surface area contributed by atoms with E-state index >= 15 is 0 Å². The molecule has 0 unspecified atom stereocenters. The number of nitrogens with zero attached hydrogens (tertiary/aromatic N) is 1. The molecule has 1 amide bonds. The molecule has 1 aromatic carbocycles. The quantitative estimate of drug-likeness (QED) is 0.736. The molecule has 0 bridgehead atoms. The molecule has 3 N–H and O–H groups in total. The molecule has 1 aromatic rings. The number of hydrogen-bond acceptors (Lipinski definition) is 5. The van der Waals surface area contributed by atoms with Gasteiger partial charge in [0.1, 0.15) is 0 Å². The third-order valence-corrected chi connectivity index (χ3v) is 6.39. The van der Waals surface area contributed by atoms with Crippen molar-refractivity contribution >= 4 is 5.91 Å². The zero-order valence-electron chi connectivity index (χ0n) is 16.3. The molecule has 0 radical (unpaired) electrons. The maximum absolute atomic E-state index is 12.8. The van der Waals surface area contributed by atoms with Gasteiger partial charge in [-0.2, -0.15) is 0 Å². The fourth-order valence-corrected chi connectivity index (χ4v) is 5.30. The molecule has 6 heteroatoms. The summed E-state index contributed by atoms with van der Waals surface area (Å²) < 4.78 is 5.75. The van der Waals surface area contributed by atoms with Crippen molar-refractivity contribution in [2.45, 2.75) is 56.5 Å². The number of amides is 1. The van der Waals surface area contributed by atoms with Gasteiger partial charge in [-0.05, 0) is 50.9 Å². The molecule has 2 heterocycles. The van der Waals surface area contributed by atoms with Crippen molar-refractivity contribution in [3.63, 3.8) is 0 Å². The van der Waals surface area contributed by atoms with E-state index in [1.807, 2.05) is 26.0 Å². The van der Waals surface area contributed by atoms with Crippen LogP contribution in [0.25, 0.3) is 0 Å². The molecule has 2 fully saturated rings. The Morgan fingerprint density at radius 2 is 1.93 bits per heavy atom. The molecule has 4 atom stereocenters. The van der Waals surface area contributed by atoms with Crippen LogP contribution >= 0.6 is 0 Å². The highest BCUT2D eigenvalue weighted by Crippen LogP contribution is 2.49. The number of benzene rings is 1. The van der Waals surface area contributed by atoms with Crippen LogP contribution in [0.5, 0.6) is 0 Å². The average molecular weight is 373 g/mol. The van der Waals surface area contributed by atoms with Crippen LogP contribution in [0.15, 0.2) is 24.3 Å². The number of ether oxygens (including phenoxy) is 1. The van der Waals surface area contributed by atoms with Crippen LogP contribution < -0.4 is 10.6 Å². The summed E-state index contributed by atoms with van der Waals surface area (Å²) in [5, 5.41) is 17.8. The second kappa shape index (κ2) is 7.51. The Morgan fingerprint density at radius 1 is 1.26 bits per heavy atom. The topological polar surface area (TPSA) is 73.8 Å². The maximum atomic E-state index is 12.8. The summed E-state index contributed by atoms with van der Waals surface area (Å²) in [7, 11) is 0. The van der Waals surface area contributed by atoms with E-state index in [1.165, 1.54) is 5.56 Å². The SMILES string of the molecule is C[C@@H]1CN(CC(=O)N[C@@H]2c3ccccc3C3(CCNCC3)[C@H]2O)C[C@H](C)O1. The van der Waals surface area contributed by atoms with Crippen LogP contribution in [0, 0.1) is 0 Å². The molecule has 0 saturated carbocycles. The standard InChI is InChI=1S/C21H31N3O3/c1-14-11-24(12-15(2)27-14)13-18(25)23-19-16-5-3-4-6-17(16)21(20(19)26)7-9-22-10-8-21/h3-6,14-15,19-20,22,26H,7-13H2,1-2H3,(H,23,25)/t14-,15+,19-,20+/m1/s1. The highest BCUT2D eigenvalue weighted by atomic mass is 16.5. The second-order valence-electron chi connectivity index (χ2n) is 8.43. The number of piperidine rings is 1. The van der Waals surface area contributed by atoms with Crippen LogP contribution in [-0.4, -0.2) is 66.9 Å². The molecular weight excluding hydrogens is 342 g/mol. The van der Waals surface area contributed by atoms with Gasteiger partial charge in [-0.1, -0.05) is 24.3 Å². The van der Waals surface area contributed by atoms with Gasteiger partial charge in [-0.15, -0.1) is 0 Å². The van der Waals surface area contributed by atoms with Crippen LogP contribution in [0.2, 0.25) is 0 Å². The third kappa shape index (κ3) is 3.51. The van der Waals surface area contributed by atoms with E-state index in [0.29, 0.717) is 6.54 Å². The summed E-state index contributed by atoms with van der Waals surface area (Å²) in [4.78, 5) is 14.9. The number of fused-ring (bicyclic) bond motifs is 2. The van der Waals surface area contributed by atoms with E-state index in [1.54, 1.807) is 0 Å². The second-order valence-corrected chi connectivity index (χ2v) is 8.43. The lowest BCUT2D eigenvalue weighted by Crippen LogP contribution is -2.51. The highest BCUT2D eigenvalue weighted by Gasteiger charge is 2.52. The van der Waals surface area contributed by atoms with Gasteiger partial charge >= 0.3 is 0 Å². The smallest absolute Gasteiger partial charge is 0.234 e. The molecule has 4 rings (SSSR count). The maximum Gasteiger partial charge on any atom is 0.234 e. The predicted octanol–water partition coefficient (Wildman–Crippen LogP) is 0.949. The molecule has 2 saturated heterocycles. The minimum absolute atomic E-state index is 0.0267. The molecule has 1 aliphatic carbocycles. The molecule has 2 aliphatic heterocycles. The van der Waals surface area contributed by atoms with E-state index in [-0.39, 0.29) is 29.6 Å². The molecule has 0 aromatic heterocycles. The Kier molecular flexibility index (Phi) is 5.25. The lowest BCUT2D eigenvalue weighted by Gasteiger charge is -2.39. The van der Waals surface area contributed by atoms with E-state index in [9.17, 15) is 9.90 Å². The zero-order chi connectivity index (χ0) is 19.0. The first kappa shape index (κ1) is 18.9. The Balaban J connectivity index is 1.49. The van der Waals surface area contributed by atoms with Crippen LogP contribution in [-0.2, 0) is 14.9 Å². The van der Waals surface area contributed by atoms with Gasteiger partial charge in [0.05, 0.1) is 30.9 Å². The van der Waals surface area contributed by atoms with Crippen molar-refractivity contribution in [2.24, 2.45) is 0 Å². The Bertz CT molecular complexity index is 679. The number of morpholine rings is 1. The lowest BCUT2D eigenvalue weighted by atomic mass is 9.72. The van der Waals surface area contributed by atoms with Crippen molar-refractivity contribution < 1.29 is 14.6 Å². The first-order valence-electron chi connectivity index (χ1n) is 10.1. The number of carbonyl (C=O) groups is 1. The van der Waals surface area contributed by atoms with Gasteiger partial charge in [0.2, 0.25) is 5.91 Å². The first-order valence-corrected chi connectivity index (χ1v) is 10.1. The van der Waals surface area contributed by atoms with E-state index < -0.39 is 6.10 Å². The zero-order valence-corrected chi connectivity index (χ0v) is 16.3. The number of aliphatic hydroxyl groups is 1. The molecule has 6 nitrogen and oxygen atoms in total. The van der Waals surface area contributed by atoms with Crippen molar-refractivity contribution in [1.82, 2.24) is 15.5 Å². The van der Waals surface area contributed by atoms with Crippen LogP contribution in [0.3, 0.4) is 0 Å². The minimum Gasteiger partial charge on any atom is -0.390 e. The Morgan fingerprint density at radius 3 is 2.63 bits per heavy atom. The number of hydrogen-bond donors (Lipinski definition) is 3. The van der Waals surface area contributed by atoms with Crippen molar-refractivity contribution in [2.75, 3.05) is 32.7 Å². The van der Waals surface area contributed by atoms with Gasteiger partial charge in [-0.25, -0.2) is 0 Å². The molecule has 3 aliphatic rings. The summed E-state index contributed by atoms with van der Waals surface area (Å²) >= 11 is 0. The Hall–Kier alpha value is -1.47. The molecule has 148 valence electrons. The molecular formula is C21H31N3O3. The molecule has 1 spiro atoms. The van der Waals surface area contributed by atoms with E-state index in [0.717, 1.165) is 44.6 Å². The summed E-state index contributed by atoms with van der Waals surface area (Å²) in [6.45, 7) is 7.74. The lowest BCUT2D eigenvalue weighted by molar-refractivity contribution is -0.127. The summed E-state index contributed by atoms with van der Waals surface area (Å²) in [6.07, 6.45) is 1.49. The fraction of sp³-hybridized carbons (Fsp3) is 0.667. The summed E-state index contributed by atoms with van der Waals surface area (Å²) in [5.74, 6) is -0.0267. The van der Waals surface area contributed by atoms with E-state index in [4.69, 9.17) is 4.74 Å². The van der Waals surface area contributed by atoms with Crippen LogP contribution in [0.4, 0.5) is 0 Å². The third-order valence-electron chi connectivity index (χ3n) is 6.39. The van der Waals surface area contributed by atoms with Crippen molar-refractivity contribution in [3.8, 4) is 0 Å². The van der Waals surface area contributed by atoms with E-state index in [2.05, 4.69) is 27.7 Å². The average Bonchev–Trinajstić information content (AvgIpc) is 2.85. The van der Waals surface area contributed by atoms with Crippen molar-refractivity contribution in [3.05, 3.63) is 35.4 Å². The predicted molar refractivity (Wildman–Crippen MR) is 104 cm³/mol. The largest absolute Gasteiger partial charge is 0.390 e. The number of nitrogens with one attached hydrogen (secondary N) is 2. The number of carbonyl (C=O) groups excluding carboxylic acids is 1. The minimum atomic E-state index is -0.580. The van der Waals surface area contributed by atoms with Gasteiger partial charge < -0.3 is 20.5 Å². The Labute approximate surface area is 161 Å². The van der Waals surface area contributed by atoms with Gasteiger partial charge in [0, 0.05) is 18.5 Å². The van der Waals surface area contributed by atoms with Gasteiger partial charge in [-0.3, -0.25) is 9.69 Å². The fourth-order valence-electron chi connectivity index (χ4n) is 5.30. The normalized spacial score (nSPS) is 33.0. The summed E-state index contributed by atoms with van der Waals surface area (Å²) in [6, 6.07) is 7.88.